The van der Waals surface area contributed by atoms with Crippen molar-refractivity contribution in [3.8, 4) is 0 Å². The summed E-state index contributed by atoms with van der Waals surface area (Å²) in [6.45, 7) is 12.7. The molecule has 0 spiro atoms. The van der Waals surface area contributed by atoms with Crippen molar-refractivity contribution in [3.63, 3.8) is 0 Å². The standard InChI is InChI=1S/C45H90O19/c1-11-15-42(13-3,59-35-29-53-23-17-47-5)44(61-37-31-55-25-19-49-7,62-38-32-56-26-20-50-8)41(46)45(63-39-33-57-27-21-51-9,64-40-34-58-28-22-52-10)43(14-4,16-12-2)60-36-30-54-24-18-48-6/h11-40H2,1-10H3. The van der Waals surface area contributed by atoms with E-state index in [9.17, 15) is 0 Å². The normalized spacial score (nSPS) is 14.3. The summed E-state index contributed by atoms with van der Waals surface area (Å²) in [7, 11) is 9.60. The van der Waals surface area contributed by atoms with Gasteiger partial charge in [-0.1, -0.05) is 40.5 Å². The highest BCUT2D eigenvalue weighted by Gasteiger charge is 2.71. The van der Waals surface area contributed by atoms with Gasteiger partial charge in [-0.05, 0) is 25.7 Å². The molecule has 0 aromatic heterocycles. The highest BCUT2D eigenvalue weighted by Crippen LogP contribution is 2.48. The van der Waals surface area contributed by atoms with Crippen molar-refractivity contribution in [1.29, 1.82) is 0 Å². The quantitative estimate of drug-likeness (QED) is 0.0631. The second-order valence-electron chi connectivity index (χ2n) is 14.5. The molecular weight excluding hydrogens is 844 g/mol. The summed E-state index contributed by atoms with van der Waals surface area (Å²) >= 11 is 0. The molecule has 0 aliphatic carbocycles. The molecule has 0 bridgehead atoms. The molecule has 19 heteroatoms. The number of methoxy groups -OCH3 is 6. The lowest BCUT2D eigenvalue weighted by molar-refractivity contribution is -0.364. The Morgan fingerprint density at radius 2 is 0.500 bits per heavy atom. The fourth-order valence-corrected chi connectivity index (χ4v) is 7.03. The third kappa shape index (κ3) is 23.3. The summed E-state index contributed by atoms with van der Waals surface area (Å²) in [4.78, 5) is 16.9. The number of rotatable bonds is 52. The summed E-state index contributed by atoms with van der Waals surface area (Å²) in [5, 5.41) is 0. The van der Waals surface area contributed by atoms with Gasteiger partial charge in [-0.15, -0.1) is 0 Å². The Bertz CT molecular complexity index is 921. The second-order valence-corrected chi connectivity index (χ2v) is 14.5. The van der Waals surface area contributed by atoms with Gasteiger partial charge in [0.05, 0.1) is 159 Å². The Morgan fingerprint density at radius 3 is 0.688 bits per heavy atom. The van der Waals surface area contributed by atoms with Crippen molar-refractivity contribution < 1.29 is 90.1 Å². The van der Waals surface area contributed by atoms with E-state index >= 15 is 4.79 Å². The first-order chi connectivity index (χ1) is 31.3. The zero-order valence-electron chi connectivity index (χ0n) is 41.5. The molecule has 0 aromatic carbocycles. The fourth-order valence-electron chi connectivity index (χ4n) is 7.03. The third-order valence-corrected chi connectivity index (χ3v) is 10.2. The van der Waals surface area contributed by atoms with Crippen LogP contribution in [0.5, 0.6) is 0 Å². The van der Waals surface area contributed by atoms with Gasteiger partial charge in [0.2, 0.25) is 0 Å². The average Bonchev–Trinajstić information content (AvgIpc) is 3.30. The lowest BCUT2D eigenvalue weighted by Crippen LogP contribution is -2.75. The summed E-state index contributed by atoms with van der Waals surface area (Å²) in [5.41, 5.74) is -2.92. The molecule has 0 aromatic rings. The molecule has 2 atom stereocenters. The van der Waals surface area contributed by atoms with Gasteiger partial charge in [0, 0.05) is 42.7 Å². The Balaban J connectivity index is 8.24. The summed E-state index contributed by atoms with van der Waals surface area (Å²) in [6.07, 6.45) is 2.31. The molecule has 0 amide bonds. The van der Waals surface area contributed by atoms with E-state index in [1.54, 1.807) is 42.7 Å². The molecule has 19 nitrogen and oxygen atoms in total. The van der Waals surface area contributed by atoms with Gasteiger partial charge in [-0.3, -0.25) is 4.79 Å². The fraction of sp³-hybridized carbons (Fsp3) is 0.978. The minimum atomic E-state index is -2.24. The monoisotopic (exact) mass is 935 g/mol. The molecule has 0 saturated carbocycles. The SMILES string of the molecule is CCCC(CC)(OCCOCCOC)C(OCCOCCOC)(OCCOCCOC)C(=O)C(OCCOCCOC)(OCCOCCOC)C(CC)(CCC)OCCOCCOC. The maximum absolute atomic E-state index is 16.9. The van der Waals surface area contributed by atoms with E-state index in [-0.39, 0.29) is 92.1 Å². The van der Waals surface area contributed by atoms with Crippen LogP contribution in [0.4, 0.5) is 0 Å². The molecule has 2 unspecified atom stereocenters. The second kappa shape index (κ2) is 42.1. The van der Waals surface area contributed by atoms with E-state index in [0.717, 1.165) is 0 Å². The van der Waals surface area contributed by atoms with Crippen LogP contribution in [-0.4, -0.2) is 230 Å². The predicted molar refractivity (Wildman–Crippen MR) is 238 cm³/mol. The van der Waals surface area contributed by atoms with Gasteiger partial charge >= 0.3 is 0 Å². The topological polar surface area (TPSA) is 183 Å². The Labute approximate surface area is 385 Å². The zero-order chi connectivity index (χ0) is 47.5. The summed E-state index contributed by atoms with van der Waals surface area (Å²) in [5.74, 6) is -5.17. The van der Waals surface area contributed by atoms with Crippen LogP contribution in [0.3, 0.4) is 0 Å². The van der Waals surface area contributed by atoms with E-state index in [4.69, 9.17) is 85.3 Å². The number of hydrogen-bond donors (Lipinski definition) is 0. The van der Waals surface area contributed by atoms with Crippen molar-refractivity contribution in [2.75, 3.05) is 201 Å². The van der Waals surface area contributed by atoms with Crippen LogP contribution in [-0.2, 0) is 90.1 Å². The first kappa shape index (κ1) is 63.0. The molecular formula is C45H90O19. The Kier molecular flexibility index (Phi) is 41.4. The van der Waals surface area contributed by atoms with E-state index in [1.807, 2.05) is 27.7 Å². The highest BCUT2D eigenvalue weighted by atomic mass is 16.8. The van der Waals surface area contributed by atoms with Gasteiger partial charge in [0.25, 0.3) is 17.4 Å². The highest BCUT2D eigenvalue weighted by molar-refractivity contribution is 5.95. The van der Waals surface area contributed by atoms with Crippen molar-refractivity contribution in [2.24, 2.45) is 0 Å². The zero-order valence-corrected chi connectivity index (χ0v) is 41.5. The van der Waals surface area contributed by atoms with Crippen molar-refractivity contribution in [3.05, 3.63) is 0 Å². The Morgan fingerprint density at radius 1 is 0.297 bits per heavy atom. The van der Waals surface area contributed by atoms with E-state index in [0.29, 0.717) is 105 Å². The van der Waals surface area contributed by atoms with Gasteiger partial charge in [0.1, 0.15) is 11.2 Å². The molecule has 0 rings (SSSR count). The first-order valence-electron chi connectivity index (χ1n) is 23.0. The van der Waals surface area contributed by atoms with Crippen LogP contribution >= 0.6 is 0 Å². The number of ketones is 1. The van der Waals surface area contributed by atoms with Crippen molar-refractivity contribution in [1.82, 2.24) is 0 Å². The molecule has 0 radical (unpaired) electrons. The number of hydrogen-bond acceptors (Lipinski definition) is 19. The van der Waals surface area contributed by atoms with E-state index in [2.05, 4.69) is 0 Å². The van der Waals surface area contributed by atoms with Crippen LogP contribution in [0, 0.1) is 0 Å². The van der Waals surface area contributed by atoms with Crippen LogP contribution in [0.15, 0.2) is 0 Å². The summed E-state index contributed by atoms with van der Waals surface area (Å²) < 4.78 is 108. The largest absolute Gasteiger partial charge is 0.382 e. The first-order valence-corrected chi connectivity index (χ1v) is 23.0. The smallest absolute Gasteiger partial charge is 0.265 e. The van der Waals surface area contributed by atoms with E-state index in [1.165, 1.54) is 0 Å². The van der Waals surface area contributed by atoms with Crippen LogP contribution in [0.1, 0.15) is 66.2 Å². The number of carbonyl (C=O) groups is 1. The molecule has 0 aliphatic rings. The lowest BCUT2D eigenvalue weighted by atomic mass is 9.73. The van der Waals surface area contributed by atoms with Crippen molar-refractivity contribution >= 4 is 5.78 Å². The van der Waals surface area contributed by atoms with Crippen LogP contribution in [0.25, 0.3) is 0 Å². The molecule has 0 heterocycles. The maximum Gasteiger partial charge on any atom is 0.265 e. The minimum Gasteiger partial charge on any atom is -0.382 e. The maximum atomic E-state index is 16.9. The molecule has 0 aliphatic heterocycles. The molecule has 0 N–H and O–H groups in total. The molecule has 0 saturated heterocycles. The predicted octanol–water partition coefficient (Wildman–Crippen LogP) is 3.92. The molecule has 64 heavy (non-hydrogen) atoms. The van der Waals surface area contributed by atoms with Crippen molar-refractivity contribution in [2.45, 2.75) is 89.0 Å². The van der Waals surface area contributed by atoms with E-state index < -0.39 is 28.6 Å². The minimum absolute atomic E-state index is 0.0867. The van der Waals surface area contributed by atoms with Gasteiger partial charge in [-0.25, -0.2) is 0 Å². The van der Waals surface area contributed by atoms with Gasteiger partial charge in [0.15, 0.2) is 0 Å². The number of Topliss-reactive ketones (excluding diaryl/α,β-unsaturated/α-hetero) is 1. The third-order valence-electron chi connectivity index (χ3n) is 10.2. The molecule has 384 valence electrons. The Hall–Kier alpha value is -1.05. The van der Waals surface area contributed by atoms with Crippen LogP contribution in [0.2, 0.25) is 0 Å². The van der Waals surface area contributed by atoms with Gasteiger partial charge in [-0.2, -0.15) is 0 Å². The average molecular weight is 935 g/mol. The van der Waals surface area contributed by atoms with Crippen LogP contribution < -0.4 is 0 Å². The number of ether oxygens (including phenoxy) is 18. The number of carbonyl (C=O) groups excluding carboxylic acids is 1. The van der Waals surface area contributed by atoms with Gasteiger partial charge < -0.3 is 85.3 Å². The lowest BCUT2D eigenvalue weighted by Gasteiger charge is -2.54. The molecule has 0 fully saturated rings. The summed E-state index contributed by atoms with van der Waals surface area (Å²) in [6, 6.07) is 0.